The molecule has 1 heterocycles. The fourth-order valence-electron chi connectivity index (χ4n) is 2.32. The molecule has 1 aromatic carbocycles. The zero-order chi connectivity index (χ0) is 18.2. The van der Waals surface area contributed by atoms with Gasteiger partial charge in [0.15, 0.2) is 17.5 Å². The van der Waals surface area contributed by atoms with Crippen molar-refractivity contribution < 1.29 is 9.47 Å². The molecule has 2 rings (SSSR count). The van der Waals surface area contributed by atoms with Crippen LogP contribution in [0.1, 0.15) is 22.9 Å². The van der Waals surface area contributed by atoms with Gasteiger partial charge in [0, 0.05) is 11.4 Å². The lowest BCUT2D eigenvalue weighted by Gasteiger charge is -2.13. The van der Waals surface area contributed by atoms with E-state index in [0.29, 0.717) is 18.0 Å². The Morgan fingerprint density at radius 3 is 2.58 bits per heavy atom. The second kappa shape index (κ2) is 11.7. The van der Waals surface area contributed by atoms with Crippen molar-refractivity contribution in [1.29, 1.82) is 0 Å². The summed E-state index contributed by atoms with van der Waals surface area (Å²) >= 11 is 5.27. The van der Waals surface area contributed by atoms with Crippen molar-refractivity contribution in [1.82, 2.24) is 10.6 Å². The molecule has 8 heteroatoms. The van der Waals surface area contributed by atoms with Gasteiger partial charge in [0.25, 0.3) is 0 Å². The molecule has 0 fully saturated rings. The monoisotopic (exact) mass is 553 g/mol. The summed E-state index contributed by atoms with van der Waals surface area (Å²) in [5.41, 5.74) is 2.34. The highest BCUT2D eigenvalue weighted by Crippen LogP contribution is 2.36. The summed E-state index contributed by atoms with van der Waals surface area (Å²) in [5, 5.41) is 8.77. The molecule has 0 atom stereocenters. The van der Waals surface area contributed by atoms with E-state index in [1.807, 2.05) is 12.1 Å². The summed E-state index contributed by atoms with van der Waals surface area (Å²) in [6, 6.07) is 6.07. The first-order chi connectivity index (χ1) is 12.1. The Kier molecular flexibility index (Phi) is 10.3. The van der Waals surface area contributed by atoms with Crippen molar-refractivity contribution in [3.8, 4) is 11.5 Å². The third-order valence-corrected chi connectivity index (χ3v) is 5.25. The van der Waals surface area contributed by atoms with Crippen LogP contribution in [0.2, 0.25) is 0 Å². The van der Waals surface area contributed by atoms with Crippen LogP contribution in [0.3, 0.4) is 0 Å². The van der Waals surface area contributed by atoms with E-state index in [2.05, 4.69) is 56.8 Å². The number of hydrogen-bond acceptors (Lipinski definition) is 4. The lowest BCUT2D eigenvalue weighted by atomic mass is 10.2. The van der Waals surface area contributed by atoms with Crippen LogP contribution in [0.15, 0.2) is 33.0 Å². The predicted molar refractivity (Wildman–Crippen MR) is 123 cm³/mol. The van der Waals surface area contributed by atoms with Gasteiger partial charge in [0.1, 0.15) is 0 Å². The number of ether oxygens (including phenoxy) is 2. The van der Waals surface area contributed by atoms with Crippen molar-refractivity contribution in [2.24, 2.45) is 4.99 Å². The SMILES string of the molecule is CCNC(=NCc1cc(Br)c(OC)c(OC)c1)NCc1sccc1C.I. The smallest absolute Gasteiger partial charge is 0.191 e. The number of halogens is 2. The summed E-state index contributed by atoms with van der Waals surface area (Å²) in [7, 11) is 3.26. The zero-order valence-electron chi connectivity index (χ0n) is 15.4. The number of hydrogen-bond donors (Lipinski definition) is 2. The fraction of sp³-hybridized carbons (Fsp3) is 0.389. The van der Waals surface area contributed by atoms with Gasteiger partial charge in [0.05, 0.1) is 31.8 Å². The summed E-state index contributed by atoms with van der Waals surface area (Å²) in [6.45, 7) is 6.30. The number of aryl methyl sites for hydroxylation is 1. The van der Waals surface area contributed by atoms with Crippen LogP contribution in [0.25, 0.3) is 0 Å². The van der Waals surface area contributed by atoms with E-state index in [0.717, 1.165) is 29.1 Å². The highest BCUT2D eigenvalue weighted by Gasteiger charge is 2.10. The van der Waals surface area contributed by atoms with Crippen LogP contribution >= 0.6 is 51.2 Å². The molecule has 2 N–H and O–H groups in total. The molecule has 144 valence electrons. The molecule has 0 amide bonds. The predicted octanol–water partition coefficient (Wildman–Crippen LogP) is 4.71. The second-order valence-electron chi connectivity index (χ2n) is 5.39. The van der Waals surface area contributed by atoms with E-state index in [4.69, 9.17) is 9.47 Å². The summed E-state index contributed by atoms with van der Waals surface area (Å²) < 4.78 is 11.6. The maximum absolute atomic E-state index is 5.39. The van der Waals surface area contributed by atoms with E-state index < -0.39 is 0 Å². The number of nitrogens with one attached hydrogen (secondary N) is 2. The van der Waals surface area contributed by atoms with Gasteiger partial charge in [-0.2, -0.15) is 0 Å². The molecule has 1 aromatic heterocycles. The van der Waals surface area contributed by atoms with Gasteiger partial charge in [-0.15, -0.1) is 35.3 Å². The molecule has 0 spiro atoms. The molecule has 0 aliphatic rings. The molecular weight excluding hydrogens is 529 g/mol. The minimum Gasteiger partial charge on any atom is -0.493 e. The number of guanidine groups is 1. The molecule has 0 aliphatic carbocycles. The van der Waals surface area contributed by atoms with Crippen LogP contribution in [-0.4, -0.2) is 26.7 Å². The van der Waals surface area contributed by atoms with Crippen LogP contribution in [0.4, 0.5) is 0 Å². The Morgan fingerprint density at radius 2 is 2.00 bits per heavy atom. The third kappa shape index (κ3) is 6.31. The molecule has 26 heavy (non-hydrogen) atoms. The molecule has 0 aliphatic heterocycles. The lowest BCUT2D eigenvalue weighted by Crippen LogP contribution is -2.36. The third-order valence-electron chi connectivity index (χ3n) is 3.64. The Hall–Kier alpha value is -1.00. The molecule has 0 saturated carbocycles. The summed E-state index contributed by atoms with van der Waals surface area (Å²) in [6.07, 6.45) is 0. The van der Waals surface area contributed by atoms with E-state index in [1.54, 1.807) is 25.6 Å². The van der Waals surface area contributed by atoms with E-state index in [1.165, 1.54) is 10.4 Å². The minimum absolute atomic E-state index is 0. The standard InChI is InChI=1S/C18H24BrN3O2S.HI/c1-5-20-18(22-11-16-12(2)6-7-25-16)21-10-13-8-14(19)17(24-4)15(9-13)23-3;/h6-9H,5,10-11H2,1-4H3,(H2,20,21,22);1H. The van der Waals surface area contributed by atoms with Crippen LogP contribution < -0.4 is 20.1 Å². The van der Waals surface area contributed by atoms with Crippen molar-refractivity contribution >= 4 is 57.2 Å². The number of thiophene rings is 1. The highest BCUT2D eigenvalue weighted by molar-refractivity contribution is 14.0. The van der Waals surface area contributed by atoms with Gasteiger partial charge in [0.2, 0.25) is 0 Å². The molecule has 5 nitrogen and oxygen atoms in total. The average molecular weight is 554 g/mol. The molecule has 2 aromatic rings. The molecular formula is C18H25BrIN3O2S. The molecule has 0 saturated heterocycles. The largest absolute Gasteiger partial charge is 0.493 e. The van der Waals surface area contributed by atoms with Crippen LogP contribution in [0.5, 0.6) is 11.5 Å². The highest BCUT2D eigenvalue weighted by atomic mass is 127. The minimum atomic E-state index is 0. The van der Waals surface area contributed by atoms with Crippen LogP contribution in [-0.2, 0) is 13.1 Å². The number of methoxy groups -OCH3 is 2. The Balaban J connectivity index is 0.00000338. The normalized spacial score (nSPS) is 10.9. The van der Waals surface area contributed by atoms with Gasteiger partial charge in [-0.05, 0) is 64.5 Å². The van der Waals surface area contributed by atoms with Crippen molar-refractivity contribution in [3.05, 3.63) is 44.1 Å². The van der Waals surface area contributed by atoms with E-state index in [-0.39, 0.29) is 24.0 Å². The zero-order valence-corrected chi connectivity index (χ0v) is 20.1. The first-order valence-electron chi connectivity index (χ1n) is 8.04. The van der Waals surface area contributed by atoms with Gasteiger partial charge in [-0.3, -0.25) is 0 Å². The van der Waals surface area contributed by atoms with Gasteiger partial charge in [-0.1, -0.05) is 0 Å². The molecule has 0 unspecified atom stereocenters. The Morgan fingerprint density at radius 1 is 1.23 bits per heavy atom. The first kappa shape index (κ1) is 23.0. The average Bonchev–Trinajstić information content (AvgIpc) is 3.01. The Bertz CT molecular complexity index is 737. The Labute approximate surface area is 184 Å². The topological polar surface area (TPSA) is 54.9 Å². The number of rotatable bonds is 7. The molecule has 0 bridgehead atoms. The maximum Gasteiger partial charge on any atom is 0.191 e. The van der Waals surface area contributed by atoms with E-state index >= 15 is 0 Å². The molecule has 0 radical (unpaired) electrons. The maximum atomic E-state index is 5.39. The van der Waals surface area contributed by atoms with Gasteiger partial charge in [-0.25, -0.2) is 4.99 Å². The van der Waals surface area contributed by atoms with Crippen molar-refractivity contribution in [2.45, 2.75) is 26.9 Å². The number of benzene rings is 1. The summed E-state index contributed by atoms with van der Waals surface area (Å²) in [5.74, 6) is 2.17. The van der Waals surface area contributed by atoms with Crippen LogP contribution in [0, 0.1) is 6.92 Å². The van der Waals surface area contributed by atoms with Crippen molar-refractivity contribution in [3.63, 3.8) is 0 Å². The van der Waals surface area contributed by atoms with Crippen molar-refractivity contribution in [2.75, 3.05) is 20.8 Å². The number of aliphatic imine (C=N–C) groups is 1. The van der Waals surface area contributed by atoms with E-state index in [9.17, 15) is 0 Å². The number of nitrogens with zero attached hydrogens (tertiary/aromatic N) is 1. The lowest BCUT2D eigenvalue weighted by molar-refractivity contribution is 0.352. The second-order valence-corrected chi connectivity index (χ2v) is 7.24. The van der Waals surface area contributed by atoms with Gasteiger partial charge >= 0.3 is 0 Å². The first-order valence-corrected chi connectivity index (χ1v) is 9.71. The van der Waals surface area contributed by atoms with Gasteiger partial charge < -0.3 is 20.1 Å². The quantitative estimate of drug-likeness (QED) is 0.296. The fourth-order valence-corrected chi connectivity index (χ4v) is 3.82. The summed E-state index contributed by atoms with van der Waals surface area (Å²) in [4.78, 5) is 5.99.